The number of esters is 1. The van der Waals surface area contributed by atoms with Crippen LogP contribution in [0.15, 0.2) is 24.3 Å². The van der Waals surface area contributed by atoms with Gasteiger partial charge in [0, 0.05) is 18.0 Å². The van der Waals surface area contributed by atoms with E-state index in [0.717, 1.165) is 17.9 Å². The van der Waals surface area contributed by atoms with Gasteiger partial charge < -0.3 is 9.47 Å². The Kier molecular flexibility index (Phi) is 5.39. The number of hydrogen-bond acceptors (Lipinski definition) is 5. The van der Waals surface area contributed by atoms with Crippen molar-refractivity contribution in [2.45, 2.75) is 45.4 Å². The Hall–Kier alpha value is -2.03. The molecule has 128 valence electrons. The minimum atomic E-state index is -0.453. The zero-order chi connectivity index (χ0) is 16.9. The van der Waals surface area contributed by atoms with E-state index in [4.69, 9.17) is 9.47 Å². The second kappa shape index (κ2) is 7.69. The number of nitrogens with one attached hydrogen (secondary N) is 2. The summed E-state index contributed by atoms with van der Waals surface area (Å²) in [5, 5.41) is 0. The Bertz CT molecular complexity index is 628. The van der Waals surface area contributed by atoms with Crippen molar-refractivity contribution in [1.29, 1.82) is 0 Å². The standard InChI is InChI=1S/C19H24N2O3/c1-3-23-19(22)17-13(2)20-21-18(17)24-16-11-9-15(10-12-16)6-4-5-14-7-8-14/h9-14,17-18,20-21H,3,5,7-8H2,1-2H3. The van der Waals surface area contributed by atoms with Crippen LogP contribution >= 0.6 is 0 Å². The molecule has 1 aliphatic heterocycles. The van der Waals surface area contributed by atoms with Crippen molar-refractivity contribution >= 4 is 5.97 Å². The number of rotatable bonds is 5. The van der Waals surface area contributed by atoms with Crippen molar-refractivity contribution < 1.29 is 14.3 Å². The molecule has 3 atom stereocenters. The molecule has 1 aromatic rings. The van der Waals surface area contributed by atoms with Gasteiger partial charge >= 0.3 is 5.97 Å². The van der Waals surface area contributed by atoms with Gasteiger partial charge in [0.25, 0.3) is 0 Å². The van der Waals surface area contributed by atoms with Crippen LogP contribution in [-0.2, 0) is 9.53 Å². The number of hydrazine groups is 1. The van der Waals surface area contributed by atoms with E-state index in [1.165, 1.54) is 12.8 Å². The average Bonchev–Trinajstić information content (AvgIpc) is 3.32. The lowest BCUT2D eigenvalue weighted by atomic mass is 10.0. The first-order chi connectivity index (χ1) is 11.7. The lowest BCUT2D eigenvalue weighted by Crippen LogP contribution is -2.39. The van der Waals surface area contributed by atoms with E-state index in [-0.39, 0.29) is 17.9 Å². The summed E-state index contributed by atoms with van der Waals surface area (Å²) >= 11 is 0. The highest BCUT2D eigenvalue weighted by Crippen LogP contribution is 2.31. The molecular formula is C19H24N2O3. The Morgan fingerprint density at radius 2 is 2.00 bits per heavy atom. The summed E-state index contributed by atoms with van der Waals surface area (Å²) in [5.74, 6) is 7.28. The predicted octanol–water partition coefficient (Wildman–Crippen LogP) is 2.22. The van der Waals surface area contributed by atoms with Gasteiger partial charge in [-0.1, -0.05) is 11.8 Å². The van der Waals surface area contributed by atoms with E-state index < -0.39 is 6.23 Å². The molecule has 0 spiro atoms. The molecule has 2 aliphatic rings. The van der Waals surface area contributed by atoms with Crippen LogP contribution in [0.4, 0.5) is 0 Å². The summed E-state index contributed by atoms with van der Waals surface area (Å²) in [6, 6.07) is 7.60. The molecule has 1 aliphatic carbocycles. The number of hydrogen-bond donors (Lipinski definition) is 2. The SMILES string of the molecule is CCOC(=O)C1C(C)NNC1Oc1ccc(C#CCC2CC2)cc1. The molecule has 5 nitrogen and oxygen atoms in total. The third-order valence-electron chi connectivity index (χ3n) is 4.31. The zero-order valence-corrected chi connectivity index (χ0v) is 14.2. The molecule has 24 heavy (non-hydrogen) atoms. The Morgan fingerprint density at radius 3 is 2.67 bits per heavy atom. The largest absolute Gasteiger partial charge is 0.473 e. The third kappa shape index (κ3) is 4.28. The van der Waals surface area contributed by atoms with Crippen LogP contribution in [0.5, 0.6) is 5.75 Å². The van der Waals surface area contributed by atoms with Gasteiger partial charge in [-0.2, -0.15) is 0 Å². The topological polar surface area (TPSA) is 59.6 Å². The van der Waals surface area contributed by atoms with Gasteiger partial charge in [0.2, 0.25) is 0 Å². The van der Waals surface area contributed by atoms with Gasteiger partial charge in [-0.05, 0) is 56.9 Å². The van der Waals surface area contributed by atoms with Crippen molar-refractivity contribution in [2.75, 3.05) is 6.61 Å². The van der Waals surface area contributed by atoms with Crippen LogP contribution in [0, 0.1) is 23.7 Å². The number of ether oxygens (including phenoxy) is 2. The maximum atomic E-state index is 12.1. The summed E-state index contributed by atoms with van der Waals surface area (Å²) in [5.41, 5.74) is 7.03. The molecule has 1 aromatic carbocycles. The van der Waals surface area contributed by atoms with Gasteiger partial charge in [0.1, 0.15) is 11.7 Å². The van der Waals surface area contributed by atoms with Gasteiger partial charge in [-0.3, -0.25) is 10.2 Å². The molecule has 2 N–H and O–H groups in total. The molecule has 0 bridgehead atoms. The summed E-state index contributed by atoms with van der Waals surface area (Å²) in [6.07, 6.45) is 3.19. The molecule has 5 heteroatoms. The van der Waals surface area contributed by atoms with Gasteiger partial charge in [0.05, 0.1) is 6.61 Å². The highest BCUT2D eigenvalue weighted by atomic mass is 16.5. The lowest BCUT2D eigenvalue weighted by molar-refractivity contribution is -0.151. The van der Waals surface area contributed by atoms with E-state index in [1.54, 1.807) is 6.92 Å². The minimum Gasteiger partial charge on any atom is -0.473 e. The predicted molar refractivity (Wildman–Crippen MR) is 90.9 cm³/mol. The van der Waals surface area contributed by atoms with E-state index in [2.05, 4.69) is 22.7 Å². The van der Waals surface area contributed by atoms with Crippen LogP contribution in [0.25, 0.3) is 0 Å². The minimum absolute atomic E-state index is 0.0541. The fourth-order valence-electron chi connectivity index (χ4n) is 2.71. The molecule has 0 amide bonds. The van der Waals surface area contributed by atoms with Crippen molar-refractivity contribution in [3.63, 3.8) is 0 Å². The average molecular weight is 328 g/mol. The molecule has 3 rings (SSSR count). The van der Waals surface area contributed by atoms with Crippen LogP contribution in [0.3, 0.4) is 0 Å². The summed E-state index contributed by atoms with van der Waals surface area (Å²) < 4.78 is 11.0. The van der Waals surface area contributed by atoms with Crippen LogP contribution < -0.4 is 15.6 Å². The maximum absolute atomic E-state index is 12.1. The molecule has 0 radical (unpaired) electrons. The second-order valence-corrected chi connectivity index (χ2v) is 6.37. The Labute approximate surface area is 143 Å². The number of carbonyl (C=O) groups excluding carboxylic acids is 1. The van der Waals surface area contributed by atoms with Crippen molar-refractivity contribution in [3.8, 4) is 17.6 Å². The smallest absolute Gasteiger partial charge is 0.315 e. The van der Waals surface area contributed by atoms with E-state index in [9.17, 15) is 4.79 Å². The first kappa shape index (κ1) is 16.8. The molecule has 0 aromatic heterocycles. The molecule has 2 fully saturated rings. The fourth-order valence-corrected chi connectivity index (χ4v) is 2.71. The second-order valence-electron chi connectivity index (χ2n) is 6.37. The first-order valence-electron chi connectivity index (χ1n) is 8.60. The molecule has 1 saturated carbocycles. The van der Waals surface area contributed by atoms with Gasteiger partial charge in [0.15, 0.2) is 6.23 Å². The van der Waals surface area contributed by atoms with E-state index in [1.807, 2.05) is 31.2 Å². The third-order valence-corrected chi connectivity index (χ3v) is 4.31. The van der Waals surface area contributed by atoms with Crippen molar-refractivity contribution in [1.82, 2.24) is 10.9 Å². The molecular weight excluding hydrogens is 304 g/mol. The van der Waals surface area contributed by atoms with Gasteiger partial charge in [-0.25, -0.2) is 5.43 Å². The highest BCUT2D eigenvalue weighted by molar-refractivity contribution is 5.74. The van der Waals surface area contributed by atoms with Crippen LogP contribution in [-0.4, -0.2) is 24.8 Å². The molecule has 3 unspecified atom stereocenters. The van der Waals surface area contributed by atoms with Gasteiger partial charge in [-0.15, -0.1) is 0 Å². The van der Waals surface area contributed by atoms with E-state index in [0.29, 0.717) is 12.4 Å². The molecule has 1 saturated heterocycles. The summed E-state index contributed by atoms with van der Waals surface area (Å²) in [4.78, 5) is 12.1. The Balaban J connectivity index is 1.59. The monoisotopic (exact) mass is 328 g/mol. The van der Waals surface area contributed by atoms with Crippen LogP contribution in [0.2, 0.25) is 0 Å². The first-order valence-corrected chi connectivity index (χ1v) is 8.60. The number of benzene rings is 1. The zero-order valence-electron chi connectivity index (χ0n) is 14.2. The maximum Gasteiger partial charge on any atom is 0.315 e. The Morgan fingerprint density at radius 1 is 1.25 bits per heavy atom. The lowest BCUT2D eigenvalue weighted by Gasteiger charge is -2.20. The van der Waals surface area contributed by atoms with Crippen LogP contribution in [0.1, 0.15) is 38.7 Å². The quantitative estimate of drug-likeness (QED) is 0.641. The highest BCUT2D eigenvalue weighted by Gasteiger charge is 2.41. The van der Waals surface area contributed by atoms with Crippen molar-refractivity contribution in [2.24, 2.45) is 11.8 Å². The normalized spacial score (nSPS) is 25.7. The van der Waals surface area contributed by atoms with E-state index >= 15 is 0 Å². The summed E-state index contributed by atoms with van der Waals surface area (Å²) in [6.45, 7) is 4.09. The fraction of sp³-hybridized carbons (Fsp3) is 0.526. The van der Waals surface area contributed by atoms with Crippen molar-refractivity contribution in [3.05, 3.63) is 29.8 Å². The number of carbonyl (C=O) groups is 1. The summed E-state index contributed by atoms with van der Waals surface area (Å²) in [7, 11) is 0. The molecule has 1 heterocycles.